The second-order valence-electron chi connectivity index (χ2n) is 7.11. The van der Waals surface area contributed by atoms with Gasteiger partial charge in [-0.25, -0.2) is 0 Å². The summed E-state index contributed by atoms with van der Waals surface area (Å²) in [7, 11) is -0.324. The van der Waals surface area contributed by atoms with E-state index in [1.54, 1.807) is 30.8 Å². The van der Waals surface area contributed by atoms with Gasteiger partial charge in [-0.2, -0.15) is 17.0 Å². The van der Waals surface area contributed by atoms with Crippen LogP contribution in [-0.2, 0) is 21.4 Å². The molecule has 4 rings (SSSR count). The van der Waals surface area contributed by atoms with E-state index in [-0.39, 0.29) is 17.9 Å². The molecule has 138 valence electrons. The topological polar surface area (TPSA) is 73.8 Å². The zero-order valence-corrected chi connectivity index (χ0v) is 15.7. The average Bonchev–Trinajstić information content (AvgIpc) is 2.93. The van der Waals surface area contributed by atoms with Gasteiger partial charge in [-0.15, -0.1) is 0 Å². The Morgan fingerprint density at radius 2 is 2.08 bits per heavy atom. The summed E-state index contributed by atoms with van der Waals surface area (Å²) in [5.41, 5.74) is 1.05. The number of hydrogen-bond acceptors (Lipinski definition) is 4. The molecular formula is C17H26N4O3S. The Morgan fingerprint density at radius 1 is 1.28 bits per heavy atom. The average molecular weight is 366 g/mol. The Hall–Kier alpha value is -1.51. The molecule has 2 atom stereocenters. The fourth-order valence-electron chi connectivity index (χ4n) is 3.70. The molecule has 3 saturated heterocycles. The third-order valence-electron chi connectivity index (χ3n) is 5.14. The molecule has 25 heavy (non-hydrogen) atoms. The van der Waals surface area contributed by atoms with Crippen molar-refractivity contribution < 1.29 is 13.2 Å². The number of pyridine rings is 1. The van der Waals surface area contributed by atoms with Crippen LogP contribution in [0.3, 0.4) is 0 Å². The second kappa shape index (κ2) is 7.39. The number of carbonyl (C=O) groups excluding carboxylic acids is 1. The van der Waals surface area contributed by atoms with Gasteiger partial charge in [0.15, 0.2) is 0 Å². The molecule has 3 aliphatic heterocycles. The van der Waals surface area contributed by atoms with E-state index in [2.05, 4.69) is 4.98 Å². The van der Waals surface area contributed by atoms with E-state index in [4.69, 9.17) is 0 Å². The molecular weight excluding hydrogens is 340 g/mol. The highest BCUT2D eigenvalue weighted by molar-refractivity contribution is 7.86. The standard InChI is InChI=1S/C17H26N4O3S/c1-19(2)25(23,24)20-11-15-5-7-16(13-20)21(12-15)17(22)8-6-14-4-3-9-18-10-14/h3-4,9-10,15-16H,5-8,11-13H2,1-2H3/t15-,16+/m0/s1. The van der Waals surface area contributed by atoms with E-state index < -0.39 is 10.2 Å². The van der Waals surface area contributed by atoms with Gasteiger partial charge in [-0.1, -0.05) is 6.07 Å². The van der Waals surface area contributed by atoms with Crippen molar-refractivity contribution in [1.82, 2.24) is 18.5 Å². The van der Waals surface area contributed by atoms with Gasteiger partial charge in [-0.3, -0.25) is 9.78 Å². The van der Waals surface area contributed by atoms with Gasteiger partial charge >= 0.3 is 0 Å². The van der Waals surface area contributed by atoms with E-state index in [0.717, 1.165) is 18.4 Å². The summed E-state index contributed by atoms with van der Waals surface area (Å²) in [6.07, 6.45) is 6.47. The monoisotopic (exact) mass is 366 g/mol. The Balaban J connectivity index is 1.67. The van der Waals surface area contributed by atoms with Crippen LogP contribution in [-0.4, -0.2) is 72.6 Å². The predicted octanol–water partition coefficient (Wildman–Crippen LogP) is 0.743. The van der Waals surface area contributed by atoms with Crippen LogP contribution in [0.15, 0.2) is 24.5 Å². The van der Waals surface area contributed by atoms with Gasteiger partial charge in [0.2, 0.25) is 5.91 Å². The van der Waals surface area contributed by atoms with E-state index in [9.17, 15) is 13.2 Å². The number of carbonyl (C=O) groups is 1. The summed E-state index contributed by atoms with van der Waals surface area (Å²) in [5, 5.41) is 0. The van der Waals surface area contributed by atoms with Crippen molar-refractivity contribution in [1.29, 1.82) is 0 Å². The zero-order valence-electron chi connectivity index (χ0n) is 14.8. The molecule has 1 aromatic heterocycles. The maximum atomic E-state index is 12.7. The minimum atomic E-state index is -3.43. The number of rotatable bonds is 5. The SMILES string of the molecule is CN(C)S(=O)(=O)N1C[C@@H]2CC[C@H](C1)N(C(=O)CCc1cccnc1)C2. The summed E-state index contributed by atoms with van der Waals surface area (Å²) in [5.74, 6) is 0.332. The lowest BCUT2D eigenvalue weighted by Gasteiger charge is -2.36. The lowest BCUT2D eigenvalue weighted by molar-refractivity contribution is -0.135. The maximum Gasteiger partial charge on any atom is 0.281 e. The molecule has 0 unspecified atom stereocenters. The van der Waals surface area contributed by atoms with Crippen LogP contribution < -0.4 is 0 Å². The van der Waals surface area contributed by atoms with Crippen LogP contribution in [0.1, 0.15) is 24.8 Å². The maximum absolute atomic E-state index is 12.7. The van der Waals surface area contributed by atoms with Crippen molar-refractivity contribution in [2.75, 3.05) is 33.7 Å². The molecule has 3 fully saturated rings. The van der Waals surface area contributed by atoms with Gasteiger partial charge < -0.3 is 4.90 Å². The molecule has 1 aromatic rings. The molecule has 7 nitrogen and oxygen atoms in total. The van der Waals surface area contributed by atoms with Crippen molar-refractivity contribution in [3.05, 3.63) is 30.1 Å². The third-order valence-corrected chi connectivity index (χ3v) is 7.01. The van der Waals surface area contributed by atoms with E-state index in [1.165, 1.54) is 4.31 Å². The van der Waals surface area contributed by atoms with Gasteiger partial charge in [0, 0.05) is 58.6 Å². The highest BCUT2D eigenvalue weighted by Gasteiger charge is 2.41. The fourth-order valence-corrected chi connectivity index (χ4v) is 4.93. The Bertz CT molecular complexity index is 708. The third kappa shape index (κ3) is 4.02. The van der Waals surface area contributed by atoms with E-state index in [0.29, 0.717) is 32.5 Å². The molecule has 0 saturated carbocycles. The molecule has 8 heteroatoms. The van der Waals surface area contributed by atoms with Crippen LogP contribution >= 0.6 is 0 Å². The van der Waals surface area contributed by atoms with Gasteiger partial charge in [0.05, 0.1) is 0 Å². The molecule has 2 bridgehead atoms. The zero-order chi connectivity index (χ0) is 18.0. The summed E-state index contributed by atoms with van der Waals surface area (Å²) in [6.45, 7) is 1.56. The minimum Gasteiger partial charge on any atom is -0.338 e. The number of aromatic nitrogens is 1. The smallest absolute Gasteiger partial charge is 0.281 e. The highest BCUT2D eigenvalue weighted by atomic mass is 32.2. The lowest BCUT2D eigenvalue weighted by atomic mass is 9.94. The number of piperidine rings is 1. The number of amides is 1. The molecule has 4 heterocycles. The molecule has 0 aliphatic carbocycles. The summed E-state index contributed by atoms with van der Waals surface area (Å²) in [4.78, 5) is 18.7. The molecule has 0 spiro atoms. The van der Waals surface area contributed by atoms with E-state index >= 15 is 0 Å². The lowest BCUT2D eigenvalue weighted by Crippen LogP contribution is -2.48. The Labute approximate surface area is 149 Å². The fraction of sp³-hybridized carbons (Fsp3) is 0.647. The molecule has 3 aliphatic rings. The quantitative estimate of drug-likeness (QED) is 0.771. The first-order valence-electron chi connectivity index (χ1n) is 8.74. The van der Waals surface area contributed by atoms with Gasteiger partial charge in [-0.05, 0) is 36.8 Å². The van der Waals surface area contributed by atoms with Crippen LogP contribution in [0.25, 0.3) is 0 Å². The van der Waals surface area contributed by atoms with Crippen molar-refractivity contribution in [3.8, 4) is 0 Å². The summed E-state index contributed by atoms with van der Waals surface area (Å²) < 4.78 is 27.8. The highest BCUT2D eigenvalue weighted by Crippen LogP contribution is 2.30. The van der Waals surface area contributed by atoms with Crippen molar-refractivity contribution in [2.24, 2.45) is 5.92 Å². The van der Waals surface area contributed by atoms with Crippen molar-refractivity contribution >= 4 is 16.1 Å². The predicted molar refractivity (Wildman–Crippen MR) is 95.0 cm³/mol. The molecule has 0 radical (unpaired) electrons. The van der Waals surface area contributed by atoms with Crippen molar-refractivity contribution in [3.63, 3.8) is 0 Å². The second-order valence-corrected chi connectivity index (χ2v) is 9.25. The number of fused-ring (bicyclic) bond motifs is 4. The first-order valence-corrected chi connectivity index (χ1v) is 10.1. The van der Waals surface area contributed by atoms with Gasteiger partial charge in [0.25, 0.3) is 10.2 Å². The Morgan fingerprint density at radius 3 is 2.76 bits per heavy atom. The molecule has 0 N–H and O–H groups in total. The van der Waals surface area contributed by atoms with Crippen LogP contribution in [0.2, 0.25) is 0 Å². The first-order chi connectivity index (χ1) is 11.9. The largest absolute Gasteiger partial charge is 0.338 e. The molecule has 1 amide bonds. The number of aryl methyl sites for hydroxylation is 1. The van der Waals surface area contributed by atoms with Crippen LogP contribution in [0, 0.1) is 5.92 Å². The molecule has 0 aromatic carbocycles. The normalized spacial score (nSPS) is 24.5. The minimum absolute atomic E-state index is 0.0186. The summed E-state index contributed by atoms with van der Waals surface area (Å²) in [6, 6.07) is 3.83. The van der Waals surface area contributed by atoms with Crippen LogP contribution in [0.5, 0.6) is 0 Å². The van der Waals surface area contributed by atoms with Gasteiger partial charge in [0.1, 0.15) is 0 Å². The van der Waals surface area contributed by atoms with E-state index in [1.807, 2.05) is 17.0 Å². The van der Waals surface area contributed by atoms with Crippen molar-refractivity contribution in [2.45, 2.75) is 31.7 Å². The van der Waals surface area contributed by atoms with Crippen LogP contribution in [0.4, 0.5) is 0 Å². The Kier molecular flexibility index (Phi) is 5.41. The number of nitrogens with zero attached hydrogens (tertiary/aromatic N) is 4. The summed E-state index contributed by atoms with van der Waals surface area (Å²) >= 11 is 0. The first kappa shape index (κ1) is 18.3. The number of hydrogen-bond donors (Lipinski definition) is 0.